The zero-order valence-corrected chi connectivity index (χ0v) is 10.9. The number of aryl methyl sites for hydroxylation is 1. The number of tetrazole rings is 1. The summed E-state index contributed by atoms with van der Waals surface area (Å²) in [4.78, 5) is 6.50. The van der Waals surface area contributed by atoms with Crippen LogP contribution in [0.5, 0.6) is 0 Å². The highest BCUT2D eigenvalue weighted by Gasteiger charge is 2.15. The Balaban J connectivity index is 1.99. The molecule has 8 heteroatoms. The first kappa shape index (κ1) is 11.9. The molecule has 0 radical (unpaired) electrons. The lowest BCUT2D eigenvalue weighted by atomic mass is 10.1. The van der Waals surface area contributed by atoms with Crippen LogP contribution in [0, 0.1) is 0 Å². The van der Waals surface area contributed by atoms with Gasteiger partial charge in [-0.05, 0) is 0 Å². The van der Waals surface area contributed by atoms with Gasteiger partial charge in [-0.2, -0.15) is 9.59 Å². The summed E-state index contributed by atoms with van der Waals surface area (Å²) >= 11 is 1.42. The van der Waals surface area contributed by atoms with Crippen LogP contribution >= 0.6 is 11.5 Å². The van der Waals surface area contributed by atoms with Crippen molar-refractivity contribution < 1.29 is 0 Å². The van der Waals surface area contributed by atoms with Crippen molar-refractivity contribution in [3.05, 3.63) is 11.6 Å². The Labute approximate surface area is 103 Å². The van der Waals surface area contributed by atoms with Crippen LogP contribution in [-0.2, 0) is 6.42 Å². The van der Waals surface area contributed by atoms with Gasteiger partial charge in [0, 0.05) is 37.5 Å². The van der Waals surface area contributed by atoms with E-state index in [0.29, 0.717) is 0 Å². The summed E-state index contributed by atoms with van der Waals surface area (Å²) in [5.74, 6) is 1.81. The van der Waals surface area contributed by atoms with Crippen LogP contribution in [0.15, 0.2) is 0 Å². The number of hydrogen-bond acceptors (Lipinski definition) is 7. The summed E-state index contributed by atoms with van der Waals surface area (Å²) in [6, 6.07) is 0. The highest BCUT2D eigenvalue weighted by Crippen LogP contribution is 2.19. The van der Waals surface area contributed by atoms with Crippen molar-refractivity contribution in [1.29, 1.82) is 0 Å². The van der Waals surface area contributed by atoms with Gasteiger partial charge in [0.15, 0.2) is 5.82 Å². The van der Waals surface area contributed by atoms with E-state index in [2.05, 4.69) is 41.8 Å². The number of aromatic amines is 1. The van der Waals surface area contributed by atoms with E-state index in [1.165, 1.54) is 11.5 Å². The fourth-order valence-corrected chi connectivity index (χ4v) is 2.21. The Morgan fingerprint density at radius 2 is 2.29 bits per heavy atom. The quantitative estimate of drug-likeness (QED) is 0.850. The smallest absolute Gasteiger partial charge is 0.204 e. The van der Waals surface area contributed by atoms with E-state index in [-0.39, 0.29) is 5.92 Å². The minimum atomic E-state index is 0.202. The molecule has 0 unspecified atom stereocenters. The molecule has 0 fully saturated rings. The molecule has 2 heterocycles. The van der Waals surface area contributed by atoms with Crippen LogP contribution in [0.2, 0.25) is 0 Å². The van der Waals surface area contributed by atoms with Gasteiger partial charge in [-0.15, -0.1) is 10.2 Å². The van der Waals surface area contributed by atoms with E-state index in [9.17, 15) is 0 Å². The maximum atomic E-state index is 4.43. The highest BCUT2D eigenvalue weighted by atomic mass is 32.1. The monoisotopic (exact) mass is 253 g/mol. The Morgan fingerprint density at radius 1 is 1.47 bits per heavy atom. The Bertz CT molecular complexity index is 452. The van der Waals surface area contributed by atoms with E-state index < -0.39 is 0 Å². The molecule has 0 aromatic carbocycles. The average Bonchev–Trinajstić information content (AvgIpc) is 3.00. The number of nitrogens with one attached hydrogen (secondary N) is 1. The van der Waals surface area contributed by atoms with Gasteiger partial charge < -0.3 is 4.90 Å². The van der Waals surface area contributed by atoms with Crippen molar-refractivity contribution in [3.8, 4) is 0 Å². The van der Waals surface area contributed by atoms with E-state index >= 15 is 0 Å². The minimum absolute atomic E-state index is 0.202. The Kier molecular flexibility index (Phi) is 3.62. The molecule has 0 aliphatic carbocycles. The molecule has 7 nitrogen and oxygen atoms in total. The summed E-state index contributed by atoms with van der Waals surface area (Å²) in [5, 5.41) is 14.9. The molecule has 0 amide bonds. The Hall–Kier alpha value is -1.57. The van der Waals surface area contributed by atoms with Gasteiger partial charge in [-0.25, -0.2) is 4.98 Å². The number of anilines is 1. The molecule has 0 aliphatic rings. The lowest BCUT2D eigenvalue weighted by Gasteiger charge is -2.17. The second-order valence-electron chi connectivity index (χ2n) is 3.90. The molecule has 0 spiro atoms. The van der Waals surface area contributed by atoms with E-state index in [4.69, 9.17) is 0 Å². The van der Waals surface area contributed by atoms with Crippen molar-refractivity contribution in [2.75, 3.05) is 18.5 Å². The van der Waals surface area contributed by atoms with E-state index in [0.717, 1.165) is 29.7 Å². The van der Waals surface area contributed by atoms with Crippen LogP contribution in [0.4, 0.5) is 5.13 Å². The van der Waals surface area contributed by atoms with Gasteiger partial charge in [0.1, 0.15) is 5.82 Å². The summed E-state index contributed by atoms with van der Waals surface area (Å²) in [6.07, 6.45) is 0.866. The van der Waals surface area contributed by atoms with Crippen molar-refractivity contribution in [3.63, 3.8) is 0 Å². The summed E-state index contributed by atoms with van der Waals surface area (Å²) in [6.45, 7) is 4.90. The van der Waals surface area contributed by atoms with Crippen molar-refractivity contribution in [2.24, 2.45) is 0 Å². The molecular weight excluding hydrogens is 238 g/mol. The minimum Gasteiger partial charge on any atom is -0.349 e. The number of H-pyrrole nitrogens is 1. The lowest BCUT2D eigenvalue weighted by Crippen LogP contribution is -2.23. The first-order chi connectivity index (χ1) is 8.20. The number of nitrogens with zero attached hydrogens (tertiary/aromatic N) is 6. The normalized spacial score (nSPS) is 12.6. The second kappa shape index (κ2) is 5.17. The van der Waals surface area contributed by atoms with Gasteiger partial charge in [0.05, 0.1) is 0 Å². The molecule has 0 bridgehead atoms. The summed E-state index contributed by atoms with van der Waals surface area (Å²) in [7, 11) is 2.00. The third-order valence-electron chi connectivity index (χ3n) is 2.45. The van der Waals surface area contributed by atoms with Crippen LogP contribution in [0.25, 0.3) is 0 Å². The van der Waals surface area contributed by atoms with E-state index in [1.54, 1.807) is 0 Å². The standard InChI is InChI=1S/C9H15N7S/c1-4-7-10-9(17-13-7)16(3)5-6(2)8-11-14-15-12-8/h6H,4-5H2,1-3H3,(H,11,12,14,15)/t6-/m0/s1. The topological polar surface area (TPSA) is 83.5 Å². The lowest BCUT2D eigenvalue weighted by molar-refractivity contribution is 0.685. The number of aromatic nitrogens is 6. The van der Waals surface area contributed by atoms with Crippen molar-refractivity contribution in [2.45, 2.75) is 26.2 Å². The zero-order valence-electron chi connectivity index (χ0n) is 10.1. The first-order valence-corrected chi connectivity index (χ1v) is 6.25. The molecule has 0 aliphatic heterocycles. The van der Waals surface area contributed by atoms with Gasteiger partial charge in [0.25, 0.3) is 0 Å². The average molecular weight is 253 g/mol. The molecule has 1 atom stereocenters. The molecule has 2 rings (SSSR count). The summed E-state index contributed by atoms with van der Waals surface area (Å²) in [5.41, 5.74) is 0. The third-order valence-corrected chi connectivity index (χ3v) is 3.32. The molecule has 92 valence electrons. The molecule has 1 N–H and O–H groups in total. The fraction of sp³-hybridized carbons (Fsp3) is 0.667. The zero-order chi connectivity index (χ0) is 12.3. The number of likely N-dealkylation sites (N-methyl/N-ethyl adjacent to an activating group) is 1. The Morgan fingerprint density at radius 3 is 2.88 bits per heavy atom. The maximum Gasteiger partial charge on any atom is 0.204 e. The molecule has 0 saturated heterocycles. The highest BCUT2D eigenvalue weighted by molar-refractivity contribution is 7.09. The molecule has 2 aromatic rings. The largest absolute Gasteiger partial charge is 0.349 e. The third kappa shape index (κ3) is 2.76. The number of hydrogen-bond donors (Lipinski definition) is 1. The first-order valence-electron chi connectivity index (χ1n) is 5.47. The van der Waals surface area contributed by atoms with Crippen LogP contribution in [0.3, 0.4) is 0 Å². The molecular formula is C9H15N7S. The summed E-state index contributed by atoms with van der Waals surface area (Å²) < 4.78 is 4.26. The fourth-order valence-electron chi connectivity index (χ4n) is 1.49. The van der Waals surface area contributed by atoms with Crippen LogP contribution in [-0.4, -0.2) is 43.6 Å². The molecule has 2 aromatic heterocycles. The predicted octanol–water partition coefficient (Wildman–Crippen LogP) is 0.853. The van der Waals surface area contributed by atoms with Crippen molar-refractivity contribution >= 4 is 16.7 Å². The molecule has 0 saturated carbocycles. The number of rotatable bonds is 5. The van der Waals surface area contributed by atoms with Crippen LogP contribution in [0.1, 0.15) is 31.4 Å². The molecule has 17 heavy (non-hydrogen) atoms. The van der Waals surface area contributed by atoms with Gasteiger partial charge in [-0.3, -0.25) is 0 Å². The van der Waals surface area contributed by atoms with Crippen LogP contribution < -0.4 is 4.90 Å². The predicted molar refractivity (Wildman–Crippen MR) is 65.1 cm³/mol. The SMILES string of the molecule is CCc1nsc(N(C)C[C@H](C)c2nn[nH]n2)n1. The van der Waals surface area contributed by atoms with Gasteiger partial charge in [-0.1, -0.05) is 19.1 Å². The van der Waals surface area contributed by atoms with E-state index in [1.807, 2.05) is 14.0 Å². The van der Waals surface area contributed by atoms with Gasteiger partial charge >= 0.3 is 0 Å². The maximum absolute atomic E-state index is 4.43. The van der Waals surface area contributed by atoms with Crippen molar-refractivity contribution in [1.82, 2.24) is 30.0 Å². The second-order valence-corrected chi connectivity index (χ2v) is 4.63. The van der Waals surface area contributed by atoms with Gasteiger partial charge in [0.2, 0.25) is 5.13 Å².